The summed E-state index contributed by atoms with van der Waals surface area (Å²) < 4.78 is 5.74. The number of amides is 1. The molecular weight excluding hydrogens is 250 g/mol. The van der Waals surface area contributed by atoms with E-state index in [0.29, 0.717) is 5.92 Å². The molecule has 0 radical (unpaired) electrons. The van der Waals surface area contributed by atoms with E-state index in [-0.39, 0.29) is 11.8 Å². The van der Waals surface area contributed by atoms with Crippen LogP contribution in [-0.4, -0.2) is 36.4 Å². The molecule has 0 spiro atoms. The van der Waals surface area contributed by atoms with Crippen LogP contribution in [0.5, 0.6) is 5.75 Å². The summed E-state index contributed by atoms with van der Waals surface area (Å²) in [5, 5.41) is 0. The van der Waals surface area contributed by atoms with Crippen LogP contribution in [0.3, 0.4) is 0 Å². The number of nitrogens with zero attached hydrogens (tertiary/aromatic N) is 1. The average molecular weight is 268 g/mol. The normalized spacial score (nSPS) is 16.6. The first-order valence-electron chi connectivity index (χ1n) is 6.31. The van der Waals surface area contributed by atoms with Gasteiger partial charge in [0.25, 0.3) is 0 Å². The Balaban J connectivity index is 1.72. The van der Waals surface area contributed by atoms with E-state index in [2.05, 4.69) is 0 Å². The van der Waals surface area contributed by atoms with Gasteiger partial charge in [-0.3, -0.25) is 4.79 Å². The van der Waals surface area contributed by atoms with Gasteiger partial charge >= 0.3 is 0 Å². The second-order valence-corrected chi connectivity index (χ2v) is 4.85. The molecule has 1 aromatic carbocycles. The third kappa shape index (κ3) is 3.64. The average Bonchev–Trinajstić information content (AvgIpc) is 2.46. The van der Waals surface area contributed by atoms with Crippen molar-refractivity contribution in [3.05, 3.63) is 30.3 Å². The fourth-order valence-corrected chi connectivity index (χ4v) is 2.33. The van der Waals surface area contributed by atoms with Crippen molar-refractivity contribution >= 4 is 17.5 Å². The van der Waals surface area contributed by atoms with E-state index in [4.69, 9.17) is 16.3 Å². The number of halogens is 1. The summed E-state index contributed by atoms with van der Waals surface area (Å²) in [5.74, 6) is 1.57. The molecule has 98 valence electrons. The van der Waals surface area contributed by atoms with Crippen LogP contribution in [0.25, 0.3) is 0 Å². The van der Waals surface area contributed by atoms with Crippen molar-refractivity contribution in [2.24, 2.45) is 5.92 Å². The topological polar surface area (TPSA) is 29.5 Å². The van der Waals surface area contributed by atoms with Crippen LogP contribution in [-0.2, 0) is 4.79 Å². The summed E-state index contributed by atoms with van der Waals surface area (Å²) in [7, 11) is 0. The monoisotopic (exact) mass is 267 g/mol. The Morgan fingerprint density at radius 1 is 1.28 bits per heavy atom. The van der Waals surface area contributed by atoms with E-state index in [1.807, 2.05) is 35.2 Å². The number of benzene rings is 1. The van der Waals surface area contributed by atoms with Gasteiger partial charge < -0.3 is 9.64 Å². The number of ether oxygens (including phenoxy) is 1. The molecule has 1 fully saturated rings. The minimum absolute atomic E-state index is 0.0408. The Bertz CT molecular complexity index is 375. The first-order valence-corrected chi connectivity index (χ1v) is 6.84. The maximum atomic E-state index is 11.4. The fourth-order valence-electron chi connectivity index (χ4n) is 2.16. The lowest BCUT2D eigenvalue weighted by molar-refractivity contribution is -0.130. The lowest BCUT2D eigenvalue weighted by Gasteiger charge is -2.31. The van der Waals surface area contributed by atoms with E-state index in [0.717, 1.165) is 38.3 Å². The fraction of sp³-hybridized carbons (Fsp3) is 0.500. The van der Waals surface area contributed by atoms with Crippen molar-refractivity contribution in [3.8, 4) is 5.75 Å². The van der Waals surface area contributed by atoms with E-state index in [1.54, 1.807) is 0 Å². The summed E-state index contributed by atoms with van der Waals surface area (Å²) in [4.78, 5) is 13.3. The number of likely N-dealkylation sites (tertiary alicyclic amines) is 1. The van der Waals surface area contributed by atoms with Gasteiger partial charge in [0.1, 0.15) is 11.6 Å². The summed E-state index contributed by atoms with van der Waals surface area (Å²) in [5.41, 5.74) is 0. The molecule has 0 saturated carbocycles. The lowest BCUT2D eigenvalue weighted by atomic mass is 9.98. The Hall–Kier alpha value is -1.22. The van der Waals surface area contributed by atoms with Crippen LogP contribution in [0.2, 0.25) is 0 Å². The van der Waals surface area contributed by atoms with Gasteiger partial charge in [-0.1, -0.05) is 18.2 Å². The highest BCUT2D eigenvalue weighted by atomic mass is 35.5. The van der Waals surface area contributed by atoms with Crippen molar-refractivity contribution in [2.45, 2.75) is 12.8 Å². The molecule has 1 aliphatic heterocycles. The van der Waals surface area contributed by atoms with Gasteiger partial charge in [0, 0.05) is 13.1 Å². The number of alkyl halides is 1. The maximum absolute atomic E-state index is 11.4. The molecular formula is C14H18ClNO2. The molecule has 1 aliphatic rings. The van der Waals surface area contributed by atoms with Gasteiger partial charge in [-0.25, -0.2) is 0 Å². The van der Waals surface area contributed by atoms with E-state index < -0.39 is 0 Å². The molecule has 0 bridgehead atoms. The molecule has 1 aromatic rings. The van der Waals surface area contributed by atoms with Gasteiger partial charge in [-0.15, -0.1) is 11.6 Å². The quantitative estimate of drug-likeness (QED) is 0.785. The number of para-hydroxylation sites is 1. The maximum Gasteiger partial charge on any atom is 0.237 e. The molecule has 1 amide bonds. The van der Waals surface area contributed by atoms with E-state index in [1.165, 1.54) is 0 Å². The number of rotatable bonds is 4. The number of hydrogen-bond acceptors (Lipinski definition) is 2. The molecule has 0 unspecified atom stereocenters. The molecule has 1 heterocycles. The lowest BCUT2D eigenvalue weighted by Crippen LogP contribution is -2.40. The third-order valence-corrected chi connectivity index (χ3v) is 3.54. The van der Waals surface area contributed by atoms with Crippen molar-refractivity contribution in [2.75, 3.05) is 25.6 Å². The first-order chi connectivity index (χ1) is 8.79. The molecule has 0 aliphatic carbocycles. The molecule has 18 heavy (non-hydrogen) atoms. The Kier molecular flexibility index (Phi) is 4.88. The summed E-state index contributed by atoms with van der Waals surface area (Å²) in [6.07, 6.45) is 1.99. The minimum atomic E-state index is 0.0408. The SMILES string of the molecule is O=C(CCl)N1CCC(COc2ccccc2)CC1. The molecule has 0 aromatic heterocycles. The molecule has 2 rings (SSSR count). The van der Waals surface area contributed by atoms with Crippen LogP contribution < -0.4 is 4.74 Å². The van der Waals surface area contributed by atoms with Crippen molar-refractivity contribution < 1.29 is 9.53 Å². The van der Waals surface area contributed by atoms with Crippen molar-refractivity contribution in [3.63, 3.8) is 0 Å². The highest BCUT2D eigenvalue weighted by Crippen LogP contribution is 2.19. The highest BCUT2D eigenvalue weighted by Gasteiger charge is 2.22. The largest absolute Gasteiger partial charge is 0.493 e. The Morgan fingerprint density at radius 2 is 1.94 bits per heavy atom. The number of carbonyl (C=O) groups is 1. The summed E-state index contributed by atoms with van der Waals surface area (Å²) >= 11 is 5.55. The molecule has 3 nitrogen and oxygen atoms in total. The minimum Gasteiger partial charge on any atom is -0.493 e. The Labute approximate surface area is 113 Å². The predicted octanol–water partition coefficient (Wildman–Crippen LogP) is 2.54. The Morgan fingerprint density at radius 3 is 2.56 bits per heavy atom. The third-order valence-electron chi connectivity index (χ3n) is 3.31. The van der Waals surface area contributed by atoms with Gasteiger partial charge in [-0.05, 0) is 30.9 Å². The number of hydrogen-bond donors (Lipinski definition) is 0. The highest BCUT2D eigenvalue weighted by molar-refractivity contribution is 6.27. The summed E-state index contributed by atoms with van der Waals surface area (Å²) in [6.45, 7) is 2.33. The van der Waals surface area contributed by atoms with Gasteiger partial charge in [-0.2, -0.15) is 0 Å². The second-order valence-electron chi connectivity index (χ2n) is 4.58. The zero-order valence-electron chi connectivity index (χ0n) is 10.3. The molecule has 0 N–H and O–H groups in total. The number of carbonyl (C=O) groups excluding carboxylic acids is 1. The molecule has 4 heteroatoms. The molecule has 1 saturated heterocycles. The second kappa shape index (κ2) is 6.64. The van der Waals surface area contributed by atoms with E-state index in [9.17, 15) is 4.79 Å². The predicted molar refractivity (Wildman–Crippen MR) is 72.0 cm³/mol. The summed E-state index contributed by atoms with van der Waals surface area (Å²) in [6, 6.07) is 9.84. The van der Waals surface area contributed by atoms with Gasteiger partial charge in [0.15, 0.2) is 0 Å². The van der Waals surface area contributed by atoms with Crippen molar-refractivity contribution in [1.82, 2.24) is 4.90 Å². The van der Waals surface area contributed by atoms with Crippen LogP contribution in [0.15, 0.2) is 30.3 Å². The zero-order chi connectivity index (χ0) is 12.8. The van der Waals surface area contributed by atoms with Crippen LogP contribution in [0.1, 0.15) is 12.8 Å². The molecule has 0 atom stereocenters. The zero-order valence-corrected chi connectivity index (χ0v) is 11.1. The van der Waals surface area contributed by atoms with E-state index >= 15 is 0 Å². The van der Waals surface area contributed by atoms with Crippen LogP contribution in [0.4, 0.5) is 0 Å². The van der Waals surface area contributed by atoms with Crippen molar-refractivity contribution in [1.29, 1.82) is 0 Å². The van der Waals surface area contributed by atoms with Gasteiger partial charge in [0.2, 0.25) is 5.91 Å². The standard InChI is InChI=1S/C14H18ClNO2/c15-10-14(17)16-8-6-12(7-9-16)11-18-13-4-2-1-3-5-13/h1-5,12H,6-11H2. The van der Waals surface area contributed by atoms with Crippen LogP contribution in [0, 0.1) is 5.92 Å². The number of piperidine rings is 1. The first kappa shape index (κ1) is 13.2. The van der Waals surface area contributed by atoms with Gasteiger partial charge in [0.05, 0.1) is 6.61 Å². The smallest absolute Gasteiger partial charge is 0.237 e. The van der Waals surface area contributed by atoms with Crippen LogP contribution >= 0.6 is 11.6 Å².